The summed E-state index contributed by atoms with van der Waals surface area (Å²) in [6.07, 6.45) is 4.33. The fraction of sp³-hybridized carbons (Fsp3) is 0.200. The van der Waals surface area contributed by atoms with Crippen molar-refractivity contribution in [1.29, 1.82) is 0 Å². The number of thiophene rings is 1. The number of nitro benzene ring substituents is 1. The lowest BCUT2D eigenvalue weighted by molar-refractivity contribution is -0.384. The zero-order valence-corrected chi connectivity index (χ0v) is 12.8. The van der Waals surface area contributed by atoms with Crippen molar-refractivity contribution in [3.05, 3.63) is 55.3 Å². The number of nitro groups is 1. The fourth-order valence-electron chi connectivity index (χ4n) is 2.42. The molecule has 1 heterocycles. The van der Waals surface area contributed by atoms with Gasteiger partial charge in [0.25, 0.3) is 11.6 Å². The van der Waals surface area contributed by atoms with Crippen molar-refractivity contribution in [3.8, 4) is 5.75 Å². The largest absolute Gasteiger partial charge is 0.507 e. The molecule has 2 N–H and O–H groups in total. The minimum absolute atomic E-state index is 0.149. The molecule has 2 aromatic rings. The van der Waals surface area contributed by atoms with Gasteiger partial charge in [-0.1, -0.05) is 0 Å². The van der Waals surface area contributed by atoms with E-state index >= 15 is 0 Å². The fourth-order valence-corrected chi connectivity index (χ4v) is 3.56. The summed E-state index contributed by atoms with van der Waals surface area (Å²) in [6.45, 7) is 0. The van der Waals surface area contributed by atoms with Crippen LogP contribution >= 0.6 is 11.3 Å². The number of amides is 1. The van der Waals surface area contributed by atoms with Crippen molar-refractivity contribution in [2.24, 2.45) is 5.10 Å². The topological polar surface area (TPSA) is 105 Å². The van der Waals surface area contributed by atoms with Crippen LogP contribution in [0.1, 0.15) is 32.1 Å². The summed E-state index contributed by atoms with van der Waals surface area (Å²) in [5.41, 5.74) is 3.59. The van der Waals surface area contributed by atoms with Crippen LogP contribution < -0.4 is 5.43 Å². The van der Waals surface area contributed by atoms with Crippen LogP contribution in [-0.4, -0.2) is 22.2 Å². The summed E-state index contributed by atoms with van der Waals surface area (Å²) in [7, 11) is 0. The SMILES string of the molecule is O=C(N/N=C/c1cc([N+](=O)[O-])ccc1O)c1cc2c(s1)CCC2. The van der Waals surface area contributed by atoms with E-state index in [0.717, 1.165) is 19.3 Å². The Bertz CT molecular complexity index is 792. The van der Waals surface area contributed by atoms with Crippen LogP contribution in [0.15, 0.2) is 29.4 Å². The van der Waals surface area contributed by atoms with Crippen molar-refractivity contribution in [1.82, 2.24) is 5.43 Å². The maximum Gasteiger partial charge on any atom is 0.281 e. The molecule has 0 unspecified atom stereocenters. The predicted octanol–water partition coefficient (Wildman–Crippen LogP) is 2.61. The highest BCUT2D eigenvalue weighted by atomic mass is 32.1. The lowest BCUT2D eigenvalue weighted by Gasteiger charge is -1.99. The number of phenols is 1. The molecule has 1 aromatic carbocycles. The highest BCUT2D eigenvalue weighted by molar-refractivity contribution is 7.14. The van der Waals surface area contributed by atoms with Crippen molar-refractivity contribution < 1.29 is 14.8 Å². The number of benzene rings is 1. The molecular formula is C15H13N3O4S. The molecule has 1 aromatic heterocycles. The van der Waals surface area contributed by atoms with E-state index in [-0.39, 0.29) is 22.9 Å². The van der Waals surface area contributed by atoms with Gasteiger partial charge in [0.1, 0.15) is 5.75 Å². The third kappa shape index (κ3) is 3.21. The maximum atomic E-state index is 12.0. The molecule has 118 valence electrons. The molecule has 7 nitrogen and oxygen atoms in total. The average molecular weight is 331 g/mol. The highest BCUT2D eigenvalue weighted by Crippen LogP contribution is 2.30. The van der Waals surface area contributed by atoms with E-state index in [9.17, 15) is 20.0 Å². The van der Waals surface area contributed by atoms with Crippen LogP contribution in [0.25, 0.3) is 0 Å². The van der Waals surface area contributed by atoms with Gasteiger partial charge in [-0.25, -0.2) is 5.43 Å². The number of non-ortho nitro benzene ring substituents is 1. The Labute approximate surface area is 135 Å². The first-order valence-electron chi connectivity index (χ1n) is 6.97. The average Bonchev–Trinajstić information content (AvgIpc) is 3.10. The van der Waals surface area contributed by atoms with E-state index in [1.165, 1.54) is 46.2 Å². The third-order valence-corrected chi connectivity index (χ3v) is 4.80. The Morgan fingerprint density at radius 3 is 2.96 bits per heavy atom. The quantitative estimate of drug-likeness (QED) is 0.510. The molecule has 1 aliphatic carbocycles. The van der Waals surface area contributed by atoms with Crippen LogP contribution in [0.2, 0.25) is 0 Å². The second-order valence-electron chi connectivity index (χ2n) is 5.11. The lowest BCUT2D eigenvalue weighted by Crippen LogP contribution is -2.16. The number of aryl methyl sites for hydroxylation is 2. The first-order chi connectivity index (χ1) is 11.0. The first-order valence-corrected chi connectivity index (χ1v) is 7.78. The summed E-state index contributed by atoms with van der Waals surface area (Å²) in [5.74, 6) is -0.478. The van der Waals surface area contributed by atoms with Gasteiger partial charge in [-0.3, -0.25) is 14.9 Å². The lowest BCUT2D eigenvalue weighted by atomic mass is 10.2. The van der Waals surface area contributed by atoms with Gasteiger partial charge >= 0.3 is 0 Å². The number of aromatic hydroxyl groups is 1. The number of fused-ring (bicyclic) bond motifs is 1. The van der Waals surface area contributed by atoms with Crippen LogP contribution in [0.3, 0.4) is 0 Å². The van der Waals surface area contributed by atoms with Gasteiger partial charge in [0.2, 0.25) is 0 Å². The molecule has 0 radical (unpaired) electrons. The van der Waals surface area contributed by atoms with Crippen LogP contribution in [0.4, 0.5) is 5.69 Å². The number of carbonyl (C=O) groups is 1. The standard InChI is InChI=1S/C15H13N3O4S/c19-12-5-4-11(18(21)22)6-10(12)8-16-17-15(20)14-7-9-2-1-3-13(9)23-14/h4-8,19H,1-3H2,(H,17,20)/b16-8+. The van der Waals surface area contributed by atoms with Gasteiger partial charge in [-0.05, 0) is 37.0 Å². The zero-order valence-electron chi connectivity index (χ0n) is 12.0. The number of hydrogen-bond acceptors (Lipinski definition) is 6. The van der Waals surface area contributed by atoms with Crippen LogP contribution in [-0.2, 0) is 12.8 Å². The molecule has 0 fully saturated rings. The first kappa shape index (κ1) is 15.2. The van der Waals surface area contributed by atoms with Crippen molar-refractivity contribution in [2.45, 2.75) is 19.3 Å². The third-order valence-electron chi connectivity index (χ3n) is 3.56. The number of nitrogens with zero attached hydrogens (tertiary/aromatic N) is 2. The van der Waals surface area contributed by atoms with Gasteiger partial charge in [-0.2, -0.15) is 5.10 Å². The second-order valence-corrected chi connectivity index (χ2v) is 6.25. The Kier molecular flexibility index (Phi) is 4.07. The van der Waals surface area contributed by atoms with E-state index in [1.54, 1.807) is 0 Å². The van der Waals surface area contributed by atoms with E-state index in [4.69, 9.17) is 0 Å². The molecule has 0 bridgehead atoms. The molecule has 1 amide bonds. The summed E-state index contributed by atoms with van der Waals surface area (Å²) in [5, 5.41) is 24.1. The normalized spacial score (nSPS) is 13.2. The smallest absolute Gasteiger partial charge is 0.281 e. The molecule has 8 heteroatoms. The van der Waals surface area contributed by atoms with E-state index in [0.29, 0.717) is 4.88 Å². The van der Waals surface area contributed by atoms with Gasteiger partial charge in [0.05, 0.1) is 16.0 Å². The number of phenolic OH excluding ortho intramolecular Hbond substituents is 1. The second kappa shape index (κ2) is 6.17. The van der Waals surface area contributed by atoms with Crippen LogP contribution in [0, 0.1) is 10.1 Å². The van der Waals surface area contributed by atoms with Crippen LogP contribution in [0.5, 0.6) is 5.75 Å². The molecule has 0 aliphatic heterocycles. The predicted molar refractivity (Wildman–Crippen MR) is 86.2 cm³/mol. The molecule has 23 heavy (non-hydrogen) atoms. The number of carbonyl (C=O) groups excluding carboxylic acids is 1. The van der Waals surface area contributed by atoms with E-state index < -0.39 is 4.92 Å². The molecule has 3 rings (SSSR count). The van der Waals surface area contributed by atoms with E-state index in [1.807, 2.05) is 6.07 Å². The van der Waals surface area contributed by atoms with Gasteiger partial charge < -0.3 is 5.11 Å². The molecular weight excluding hydrogens is 318 g/mol. The Hall–Kier alpha value is -2.74. The monoisotopic (exact) mass is 331 g/mol. The number of hydrogen-bond donors (Lipinski definition) is 2. The van der Waals surface area contributed by atoms with Crippen molar-refractivity contribution in [3.63, 3.8) is 0 Å². The summed E-state index contributed by atoms with van der Waals surface area (Å²) >= 11 is 1.46. The molecule has 0 atom stereocenters. The van der Waals surface area contributed by atoms with Gasteiger partial charge in [-0.15, -0.1) is 11.3 Å². The Balaban J connectivity index is 1.69. The van der Waals surface area contributed by atoms with Gasteiger partial charge in [0, 0.05) is 22.6 Å². The molecule has 0 saturated carbocycles. The number of nitrogens with one attached hydrogen (secondary N) is 1. The molecule has 0 spiro atoms. The number of hydrazone groups is 1. The van der Waals surface area contributed by atoms with Gasteiger partial charge in [0.15, 0.2) is 0 Å². The van der Waals surface area contributed by atoms with Crippen molar-refractivity contribution >= 4 is 29.1 Å². The highest BCUT2D eigenvalue weighted by Gasteiger charge is 2.18. The minimum atomic E-state index is -0.567. The Morgan fingerprint density at radius 1 is 1.39 bits per heavy atom. The summed E-state index contributed by atoms with van der Waals surface area (Å²) in [4.78, 5) is 24.0. The van der Waals surface area contributed by atoms with E-state index in [2.05, 4.69) is 10.5 Å². The van der Waals surface area contributed by atoms with Crippen molar-refractivity contribution in [2.75, 3.05) is 0 Å². The maximum absolute atomic E-state index is 12.0. The Morgan fingerprint density at radius 2 is 2.22 bits per heavy atom. The summed E-state index contributed by atoms with van der Waals surface area (Å²) < 4.78 is 0. The zero-order chi connectivity index (χ0) is 16.4. The molecule has 1 aliphatic rings. The summed E-state index contributed by atoms with van der Waals surface area (Å²) in [6, 6.07) is 5.47. The number of rotatable bonds is 4. The minimum Gasteiger partial charge on any atom is -0.507 e. The molecule has 0 saturated heterocycles.